The summed E-state index contributed by atoms with van der Waals surface area (Å²) in [4.78, 5) is 47.4. The molecule has 3 aliphatic rings. The number of urea groups is 1. The van der Waals surface area contributed by atoms with Crippen LogP contribution in [0.15, 0.2) is 30.5 Å². The second kappa shape index (κ2) is 10.5. The number of nitrogens with one attached hydrogen (secondary N) is 2. The van der Waals surface area contributed by atoms with E-state index >= 15 is 0 Å². The molecule has 1 aliphatic carbocycles. The molecule has 1 atom stereocenters. The quantitative estimate of drug-likeness (QED) is 0.620. The van der Waals surface area contributed by atoms with Crippen molar-refractivity contribution in [3.8, 4) is 0 Å². The zero-order valence-electron chi connectivity index (χ0n) is 20.6. The predicted molar refractivity (Wildman–Crippen MR) is 137 cm³/mol. The van der Waals surface area contributed by atoms with Gasteiger partial charge in [-0.05, 0) is 62.8 Å². The van der Waals surface area contributed by atoms with Crippen LogP contribution in [-0.2, 0) is 11.3 Å². The maximum Gasteiger partial charge on any atom is 0.330 e. The number of hydrogen-bond donors (Lipinski definition) is 2. The van der Waals surface area contributed by atoms with E-state index in [1.54, 1.807) is 35.0 Å². The molecule has 0 spiro atoms. The van der Waals surface area contributed by atoms with Crippen molar-refractivity contribution in [2.24, 2.45) is 5.92 Å². The summed E-state index contributed by atoms with van der Waals surface area (Å²) in [6.45, 7) is 3.55. The van der Waals surface area contributed by atoms with Crippen molar-refractivity contribution in [2.75, 3.05) is 18.4 Å². The van der Waals surface area contributed by atoms with Crippen molar-refractivity contribution >= 4 is 35.3 Å². The van der Waals surface area contributed by atoms with Crippen LogP contribution in [0.25, 0.3) is 0 Å². The summed E-state index contributed by atoms with van der Waals surface area (Å²) >= 11 is 5.94. The van der Waals surface area contributed by atoms with Crippen molar-refractivity contribution in [3.63, 3.8) is 0 Å². The van der Waals surface area contributed by atoms with Gasteiger partial charge < -0.3 is 20.4 Å². The van der Waals surface area contributed by atoms with Crippen LogP contribution in [0.2, 0.25) is 5.02 Å². The standard InChI is InChI=1S/C26H33ClN6O3/c1-17-28-15-22-16-32(26(36)33(17)22)21-11-13-31(14-12-21)24(34)23(18-5-3-2-4-6-18)30-25(35)29-20-9-7-19(27)8-10-20/h7-10,15,18,21,23H,2-6,11-14,16H2,1H3,(H2,29,30,35)/t23-/m1/s1. The number of aromatic nitrogens is 2. The number of amides is 4. The second-order valence-corrected chi connectivity index (χ2v) is 10.5. The van der Waals surface area contributed by atoms with Gasteiger partial charge in [-0.1, -0.05) is 30.9 Å². The molecule has 4 amide bonds. The first-order chi connectivity index (χ1) is 17.4. The Morgan fingerprint density at radius 1 is 1.06 bits per heavy atom. The van der Waals surface area contributed by atoms with E-state index in [0.29, 0.717) is 36.2 Å². The van der Waals surface area contributed by atoms with Gasteiger partial charge in [-0.15, -0.1) is 0 Å². The van der Waals surface area contributed by atoms with Crippen LogP contribution in [0.4, 0.5) is 15.3 Å². The van der Waals surface area contributed by atoms with Crippen molar-refractivity contribution in [1.29, 1.82) is 0 Å². The van der Waals surface area contributed by atoms with Gasteiger partial charge in [0.15, 0.2) is 0 Å². The molecule has 1 saturated carbocycles. The van der Waals surface area contributed by atoms with Gasteiger partial charge in [-0.3, -0.25) is 9.36 Å². The van der Waals surface area contributed by atoms with E-state index in [1.807, 2.05) is 16.7 Å². The lowest BCUT2D eigenvalue weighted by atomic mass is 9.83. The number of halogens is 1. The number of imidazole rings is 1. The van der Waals surface area contributed by atoms with Crippen LogP contribution in [0, 0.1) is 12.8 Å². The average Bonchev–Trinajstić information content (AvgIpc) is 3.43. The minimum atomic E-state index is -0.558. The van der Waals surface area contributed by atoms with Crippen molar-refractivity contribution in [1.82, 2.24) is 24.7 Å². The van der Waals surface area contributed by atoms with Gasteiger partial charge in [-0.25, -0.2) is 14.6 Å². The maximum atomic E-state index is 13.7. The SMILES string of the molecule is Cc1ncc2n1C(=O)N(C1CCN(C(=O)[C@H](NC(=O)Nc3ccc(Cl)cc3)C3CCCCC3)CC1)C2. The number of carbonyl (C=O) groups is 3. The third-order valence-electron chi connectivity index (χ3n) is 7.77. The molecule has 10 heteroatoms. The van der Waals surface area contributed by atoms with E-state index in [2.05, 4.69) is 15.6 Å². The van der Waals surface area contributed by atoms with Gasteiger partial charge in [-0.2, -0.15) is 0 Å². The average molecular weight is 513 g/mol. The molecule has 2 aliphatic heterocycles. The fraction of sp³-hybridized carbons (Fsp3) is 0.538. The lowest BCUT2D eigenvalue weighted by Crippen LogP contribution is -2.56. The smallest absolute Gasteiger partial charge is 0.330 e. The van der Waals surface area contributed by atoms with Crippen LogP contribution in [0.1, 0.15) is 56.5 Å². The number of piperidine rings is 1. The zero-order chi connectivity index (χ0) is 25.2. The Morgan fingerprint density at radius 2 is 1.75 bits per heavy atom. The van der Waals surface area contributed by atoms with Crippen molar-refractivity contribution < 1.29 is 14.4 Å². The van der Waals surface area contributed by atoms with Gasteiger partial charge in [0.1, 0.15) is 11.9 Å². The molecular weight excluding hydrogens is 480 g/mol. The number of fused-ring (bicyclic) bond motifs is 1. The first-order valence-electron chi connectivity index (χ1n) is 12.9. The number of benzene rings is 1. The number of hydrogen-bond acceptors (Lipinski definition) is 4. The fourth-order valence-electron chi connectivity index (χ4n) is 5.80. The Morgan fingerprint density at radius 3 is 2.42 bits per heavy atom. The molecule has 0 bridgehead atoms. The summed E-state index contributed by atoms with van der Waals surface area (Å²) in [6, 6.07) is 6.02. The molecule has 2 fully saturated rings. The molecule has 5 rings (SSSR count). The largest absolute Gasteiger partial charge is 0.341 e. The van der Waals surface area contributed by atoms with Crippen LogP contribution in [0.3, 0.4) is 0 Å². The molecule has 0 radical (unpaired) electrons. The van der Waals surface area contributed by atoms with Gasteiger partial charge in [0.05, 0.1) is 18.4 Å². The summed E-state index contributed by atoms with van der Waals surface area (Å²) < 4.78 is 1.68. The van der Waals surface area contributed by atoms with Crippen LogP contribution in [-0.4, -0.2) is 62.5 Å². The van der Waals surface area contributed by atoms with E-state index in [0.717, 1.165) is 44.2 Å². The minimum absolute atomic E-state index is 0.0225. The normalized spacial score (nSPS) is 19.8. The summed E-state index contributed by atoms with van der Waals surface area (Å²) in [5.41, 5.74) is 1.54. The lowest BCUT2D eigenvalue weighted by molar-refractivity contribution is -0.136. The van der Waals surface area contributed by atoms with Crippen molar-refractivity contribution in [2.45, 2.75) is 70.5 Å². The Labute approximate surface area is 216 Å². The molecule has 2 aromatic rings. The molecule has 0 unspecified atom stereocenters. The fourth-order valence-corrected chi connectivity index (χ4v) is 5.93. The van der Waals surface area contributed by atoms with Gasteiger partial charge in [0.25, 0.3) is 0 Å². The Hall–Kier alpha value is -3.07. The lowest BCUT2D eigenvalue weighted by Gasteiger charge is -2.39. The zero-order valence-corrected chi connectivity index (χ0v) is 21.3. The summed E-state index contributed by atoms with van der Waals surface area (Å²) in [6.07, 6.45) is 8.39. The van der Waals surface area contributed by atoms with Gasteiger partial charge in [0, 0.05) is 29.8 Å². The number of aryl methyl sites for hydroxylation is 1. The van der Waals surface area contributed by atoms with E-state index < -0.39 is 6.04 Å². The summed E-state index contributed by atoms with van der Waals surface area (Å²) in [5.74, 6) is 0.815. The van der Waals surface area contributed by atoms with Crippen LogP contribution in [0.5, 0.6) is 0 Å². The molecule has 1 aromatic carbocycles. The van der Waals surface area contributed by atoms with Crippen LogP contribution >= 0.6 is 11.6 Å². The monoisotopic (exact) mass is 512 g/mol. The van der Waals surface area contributed by atoms with Crippen molar-refractivity contribution in [3.05, 3.63) is 47.0 Å². The first kappa shape index (κ1) is 24.6. The van der Waals surface area contributed by atoms with E-state index in [4.69, 9.17) is 11.6 Å². The Bertz CT molecular complexity index is 1120. The Balaban J connectivity index is 1.21. The highest BCUT2D eigenvalue weighted by Gasteiger charge is 2.39. The highest BCUT2D eigenvalue weighted by molar-refractivity contribution is 6.30. The third-order valence-corrected chi connectivity index (χ3v) is 8.03. The molecular formula is C26H33ClN6O3. The number of nitrogens with zero attached hydrogens (tertiary/aromatic N) is 4. The molecule has 3 heterocycles. The number of rotatable bonds is 5. The number of anilines is 1. The molecule has 36 heavy (non-hydrogen) atoms. The third kappa shape index (κ3) is 5.07. The second-order valence-electron chi connectivity index (χ2n) is 10.1. The minimum Gasteiger partial charge on any atom is -0.341 e. The highest BCUT2D eigenvalue weighted by atomic mass is 35.5. The first-order valence-corrected chi connectivity index (χ1v) is 13.2. The highest BCUT2D eigenvalue weighted by Crippen LogP contribution is 2.30. The van der Waals surface area contributed by atoms with Crippen LogP contribution < -0.4 is 10.6 Å². The molecule has 1 saturated heterocycles. The van der Waals surface area contributed by atoms with Gasteiger partial charge >= 0.3 is 12.1 Å². The number of likely N-dealkylation sites (tertiary alicyclic amines) is 1. The topological polar surface area (TPSA) is 99.6 Å². The number of carbonyl (C=O) groups excluding carboxylic acids is 3. The Kier molecular flexibility index (Phi) is 7.18. The van der Waals surface area contributed by atoms with E-state index in [9.17, 15) is 14.4 Å². The molecule has 9 nitrogen and oxygen atoms in total. The maximum absolute atomic E-state index is 13.7. The molecule has 1 aromatic heterocycles. The van der Waals surface area contributed by atoms with Gasteiger partial charge in [0.2, 0.25) is 5.91 Å². The molecule has 192 valence electrons. The predicted octanol–water partition coefficient (Wildman–Crippen LogP) is 4.39. The van der Waals surface area contributed by atoms with E-state index in [1.165, 1.54) is 6.42 Å². The summed E-state index contributed by atoms with van der Waals surface area (Å²) in [7, 11) is 0. The summed E-state index contributed by atoms with van der Waals surface area (Å²) in [5, 5.41) is 6.40. The van der Waals surface area contributed by atoms with E-state index in [-0.39, 0.29) is 29.9 Å². The molecule has 2 N–H and O–H groups in total.